The SMILES string of the molecule is CN1Cc2ccc(OCCCn3cnc([N+](=O)[O-])c3)cc2[C@@H](O)C1. The quantitative estimate of drug-likeness (QED) is 0.492. The number of rotatable bonds is 6. The van der Waals surface area contributed by atoms with Crippen LogP contribution in [-0.2, 0) is 13.1 Å². The Morgan fingerprint density at radius 2 is 2.33 bits per heavy atom. The lowest BCUT2D eigenvalue weighted by Crippen LogP contribution is -2.30. The molecule has 8 nitrogen and oxygen atoms in total. The van der Waals surface area contributed by atoms with Crippen LogP contribution in [0.4, 0.5) is 5.82 Å². The Morgan fingerprint density at radius 1 is 1.50 bits per heavy atom. The first-order valence-electron chi connectivity index (χ1n) is 7.81. The number of likely N-dealkylation sites (N-methyl/N-ethyl adjacent to an activating group) is 1. The van der Waals surface area contributed by atoms with Gasteiger partial charge in [0.05, 0.1) is 12.7 Å². The summed E-state index contributed by atoms with van der Waals surface area (Å²) in [6.45, 7) is 2.53. The monoisotopic (exact) mass is 332 g/mol. The molecule has 3 rings (SSSR count). The van der Waals surface area contributed by atoms with Crippen molar-refractivity contribution in [3.8, 4) is 5.75 Å². The fourth-order valence-electron chi connectivity index (χ4n) is 2.87. The summed E-state index contributed by atoms with van der Waals surface area (Å²) in [7, 11) is 1.98. The zero-order chi connectivity index (χ0) is 17.1. The molecular formula is C16H20N4O4. The molecule has 0 unspecified atom stereocenters. The van der Waals surface area contributed by atoms with Crippen molar-refractivity contribution in [3.63, 3.8) is 0 Å². The lowest BCUT2D eigenvalue weighted by molar-refractivity contribution is -0.389. The Labute approximate surface area is 139 Å². The van der Waals surface area contributed by atoms with E-state index in [0.29, 0.717) is 26.1 Å². The number of imidazole rings is 1. The van der Waals surface area contributed by atoms with Crippen molar-refractivity contribution in [2.45, 2.75) is 25.6 Å². The lowest BCUT2D eigenvalue weighted by Gasteiger charge is -2.29. The van der Waals surface area contributed by atoms with Crippen LogP contribution in [0.15, 0.2) is 30.7 Å². The highest BCUT2D eigenvalue weighted by Crippen LogP contribution is 2.29. The van der Waals surface area contributed by atoms with Crippen LogP contribution >= 0.6 is 0 Å². The molecule has 2 heterocycles. The molecule has 0 saturated carbocycles. The van der Waals surface area contributed by atoms with E-state index in [0.717, 1.165) is 23.4 Å². The van der Waals surface area contributed by atoms with Crippen LogP contribution in [0.25, 0.3) is 0 Å². The molecule has 1 atom stereocenters. The summed E-state index contributed by atoms with van der Waals surface area (Å²) in [5, 5.41) is 20.7. The van der Waals surface area contributed by atoms with Gasteiger partial charge >= 0.3 is 5.82 Å². The highest BCUT2D eigenvalue weighted by molar-refractivity contribution is 5.38. The number of β-amino-alcohol motifs (C(OH)–C–C–N with tert-alkyl or cyclic N) is 1. The highest BCUT2D eigenvalue weighted by atomic mass is 16.6. The van der Waals surface area contributed by atoms with Gasteiger partial charge in [-0.3, -0.25) is 4.90 Å². The molecule has 1 aromatic heterocycles. The topological polar surface area (TPSA) is 93.7 Å². The maximum atomic E-state index is 10.6. The van der Waals surface area contributed by atoms with Crippen molar-refractivity contribution in [2.24, 2.45) is 0 Å². The summed E-state index contributed by atoms with van der Waals surface area (Å²) >= 11 is 0. The van der Waals surface area contributed by atoms with Gasteiger partial charge in [-0.15, -0.1) is 0 Å². The summed E-state index contributed by atoms with van der Waals surface area (Å²) in [5.74, 6) is 0.582. The maximum Gasteiger partial charge on any atom is 0.381 e. The van der Waals surface area contributed by atoms with Crippen LogP contribution < -0.4 is 4.74 Å². The number of benzene rings is 1. The average molecular weight is 332 g/mol. The minimum Gasteiger partial charge on any atom is -0.494 e. The Morgan fingerprint density at radius 3 is 3.08 bits per heavy atom. The minimum atomic E-state index is -0.511. The molecule has 24 heavy (non-hydrogen) atoms. The fourth-order valence-corrected chi connectivity index (χ4v) is 2.87. The van der Waals surface area contributed by atoms with E-state index in [2.05, 4.69) is 9.88 Å². The van der Waals surface area contributed by atoms with E-state index in [4.69, 9.17) is 4.74 Å². The number of nitrogens with zero attached hydrogens (tertiary/aromatic N) is 4. The number of aliphatic hydroxyl groups is 1. The van der Waals surface area contributed by atoms with E-state index >= 15 is 0 Å². The molecule has 128 valence electrons. The van der Waals surface area contributed by atoms with Gasteiger partial charge in [0.25, 0.3) is 0 Å². The van der Waals surface area contributed by atoms with Gasteiger partial charge in [-0.05, 0) is 46.6 Å². The van der Waals surface area contributed by atoms with Gasteiger partial charge in [0.1, 0.15) is 11.9 Å². The summed E-state index contributed by atoms with van der Waals surface area (Å²) in [6.07, 6.45) is 3.07. The van der Waals surface area contributed by atoms with E-state index in [-0.39, 0.29) is 5.82 Å². The Kier molecular flexibility index (Phi) is 4.77. The molecule has 0 bridgehead atoms. The van der Waals surface area contributed by atoms with Gasteiger partial charge in [-0.2, -0.15) is 0 Å². The molecule has 0 radical (unpaired) electrons. The minimum absolute atomic E-state index is 0.149. The Hall–Kier alpha value is -2.45. The van der Waals surface area contributed by atoms with Crippen molar-refractivity contribution >= 4 is 5.82 Å². The zero-order valence-corrected chi connectivity index (χ0v) is 13.5. The number of fused-ring (bicyclic) bond motifs is 1. The van der Waals surface area contributed by atoms with Gasteiger partial charge in [0, 0.05) is 19.6 Å². The molecule has 8 heteroatoms. The van der Waals surface area contributed by atoms with Crippen molar-refractivity contribution in [1.82, 2.24) is 14.5 Å². The van der Waals surface area contributed by atoms with Crippen LogP contribution in [0.3, 0.4) is 0 Å². The molecule has 1 aromatic carbocycles. The fraction of sp³-hybridized carbons (Fsp3) is 0.438. The van der Waals surface area contributed by atoms with Crippen LogP contribution in [0.1, 0.15) is 23.7 Å². The number of hydrogen-bond donors (Lipinski definition) is 1. The summed E-state index contributed by atoms with van der Waals surface area (Å²) < 4.78 is 7.41. The molecule has 0 aliphatic carbocycles. The van der Waals surface area contributed by atoms with Crippen LogP contribution in [0, 0.1) is 10.1 Å². The Bertz CT molecular complexity index is 731. The van der Waals surface area contributed by atoms with E-state index in [9.17, 15) is 15.2 Å². The van der Waals surface area contributed by atoms with Gasteiger partial charge < -0.3 is 24.5 Å². The molecule has 0 spiro atoms. The number of nitro groups is 1. The Balaban J connectivity index is 1.52. The van der Waals surface area contributed by atoms with Gasteiger partial charge in [-0.25, -0.2) is 0 Å². The number of aromatic nitrogens is 2. The number of aliphatic hydroxyl groups excluding tert-OH is 1. The van der Waals surface area contributed by atoms with Gasteiger partial charge in [0.2, 0.25) is 6.33 Å². The van der Waals surface area contributed by atoms with Crippen molar-refractivity contribution in [2.75, 3.05) is 20.2 Å². The molecule has 0 fully saturated rings. The van der Waals surface area contributed by atoms with E-state index in [1.54, 1.807) is 4.57 Å². The highest BCUT2D eigenvalue weighted by Gasteiger charge is 2.21. The second-order valence-corrected chi connectivity index (χ2v) is 6.00. The molecule has 0 saturated heterocycles. The molecule has 1 aliphatic rings. The van der Waals surface area contributed by atoms with Crippen LogP contribution in [0.5, 0.6) is 5.75 Å². The third kappa shape index (κ3) is 3.72. The summed E-state index contributed by atoms with van der Waals surface area (Å²) in [6, 6.07) is 5.80. The first kappa shape index (κ1) is 16.4. The van der Waals surface area contributed by atoms with Crippen molar-refractivity contribution < 1.29 is 14.8 Å². The van der Waals surface area contributed by atoms with E-state index in [1.807, 2.05) is 25.2 Å². The molecule has 1 N–H and O–H groups in total. The summed E-state index contributed by atoms with van der Waals surface area (Å²) in [4.78, 5) is 15.9. The molecular weight excluding hydrogens is 312 g/mol. The molecule has 2 aromatic rings. The third-order valence-electron chi connectivity index (χ3n) is 4.04. The van der Waals surface area contributed by atoms with Gasteiger partial charge in [0.15, 0.2) is 0 Å². The van der Waals surface area contributed by atoms with Crippen molar-refractivity contribution in [1.29, 1.82) is 0 Å². The second kappa shape index (κ2) is 6.98. The number of hydrogen-bond acceptors (Lipinski definition) is 6. The standard InChI is InChI=1S/C16H20N4O4/c1-18-8-12-3-4-13(7-14(12)15(21)9-18)24-6-2-5-19-10-16(17-11-19)20(22)23/h3-4,7,10-11,15,21H,2,5-6,8-9H2,1H3/t15-/m0/s1. The predicted molar refractivity (Wildman–Crippen MR) is 86.7 cm³/mol. The smallest absolute Gasteiger partial charge is 0.381 e. The van der Waals surface area contributed by atoms with Crippen molar-refractivity contribution in [3.05, 3.63) is 52.0 Å². The van der Waals surface area contributed by atoms with E-state index in [1.165, 1.54) is 12.5 Å². The maximum absolute atomic E-state index is 10.6. The number of ether oxygens (including phenoxy) is 1. The molecule has 0 amide bonds. The first-order valence-corrected chi connectivity index (χ1v) is 7.81. The zero-order valence-electron chi connectivity index (χ0n) is 13.5. The number of aryl methyl sites for hydroxylation is 1. The normalized spacial score (nSPS) is 17.5. The van der Waals surface area contributed by atoms with Crippen LogP contribution in [0.2, 0.25) is 0 Å². The molecule has 1 aliphatic heterocycles. The second-order valence-electron chi connectivity index (χ2n) is 6.00. The summed E-state index contributed by atoms with van der Waals surface area (Å²) in [5.41, 5.74) is 2.05. The van der Waals surface area contributed by atoms with E-state index < -0.39 is 11.0 Å². The van der Waals surface area contributed by atoms with Gasteiger partial charge in [-0.1, -0.05) is 6.07 Å². The first-order chi connectivity index (χ1) is 11.5. The largest absolute Gasteiger partial charge is 0.494 e. The lowest BCUT2D eigenvalue weighted by atomic mass is 9.97. The predicted octanol–water partition coefficient (Wildman–Crippen LogP) is 1.74. The van der Waals surface area contributed by atoms with Crippen LogP contribution in [-0.4, -0.2) is 44.7 Å². The third-order valence-corrected chi connectivity index (χ3v) is 4.04. The average Bonchev–Trinajstić information content (AvgIpc) is 3.01.